The lowest BCUT2D eigenvalue weighted by atomic mass is 10.1. The van der Waals surface area contributed by atoms with Crippen LogP contribution >= 0.6 is 0 Å². The molecule has 4 nitrogen and oxygen atoms in total. The van der Waals surface area contributed by atoms with E-state index in [4.69, 9.17) is 5.26 Å². The first-order chi connectivity index (χ1) is 7.33. The van der Waals surface area contributed by atoms with E-state index in [1.807, 2.05) is 12.1 Å². The van der Waals surface area contributed by atoms with Gasteiger partial charge in [0.2, 0.25) is 5.91 Å². The standard InChI is InChI=1S/C11H11N3O/c12-7-9-3-1-2-4-10(9)14-6-5-13-8-11(14)15/h1-4,13H,5-6,8H2. The molecule has 1 aliphatic rings. The van der Waals surface area contributed by atoms with Crippen molar-refractivity contribution in [2.45, 2.75) is 0 Å². The van der Waals surface area contributed by atoms with Crippen LogP contribution in [0.25, 0.3) is 0 Å². The molecule has 1 aromatic rings. The number of para-hydroxylation sites is 1. The van der Waals surface area contributed by atoms with E-state index in [2.05, 4.69) is 11.4 Å². The number of piperazine rings is 1. The molecule has 1 heterocycles. The minimum Gasteiger partial charge on any atom is -0.309 e. The largest absolute Gasteiger partial charge is 0.309 e. The number of nitriles is 1. The zero-order chi connectivity index (χ0) is 10.7. The lowest BCUT2D eigenvalue weighted by Gasteiger charge is -2.27. The maximum absolute atomic E-state index is 11.6. The molecule has 0 saturated carbocycles. The highest BCUT2D eigenvalue weighted by atomic mass is 16.2. The van der Waals surface area contributed by atoms with E-state index >= 15 is 0 Å². The molecule has 4 heteroatoms. The second-order valence-electron chi connectivity index (χ2n) is 3.35. The normalized spacial score (nSPS) is 16.2. The summed E-state index contributed by atoms with van der Waals surface area (Å²) in [5, 5.41) is 11.9. The van der Waals surface area contributed by atoms with Gasteiger partial charge in [-0.05, 0) is 12.1 Å². The van der Waals surface area contributed by atoms with Gasteiger partial charge in [0.15, 0.2) is 0 Å². The Hall–Kier alpha value is -1.86. The molecular weight excluding hydrogens is 190 g/mol. The SMILES string of the molecule is N#Cc1ccccc1N1CCNCC1=O. The first kappa shape index (κ1) is 9.69. The number of nitrogens with zero attached hydrogens (tertiary/aromatic N) is 2. The highest BCUT2D eigenvalue weighted by Crippen LogP contribution is 2.20. The summed E-state index contributed by atoms with van der Waals surface area (Å²) in [7, 11) is 0. The molecule has 0 atom stereocenters. The molecule has 1 amide bonds. The monoisotopic (exact) mass is 201 g/mol. The first-order valence-corrected chi connectivity index (χ1v) is 4.83. The second-order valence-corrected chi connectivity index (χ2v) is 3.35. The third-order valence-corrected chi connectivity index (χ3v) is 2.40. The fraction of sp³-hybridized carbons (Fsp3) is 0.273. The van der Waals surface area contributed by atoms with E-state index in [9.17, 15) is 4.79 Å². The van der Waals surface area contributed by atoms with Crippen molar-refractivity contribution in [3.63, 3.8) is 0 Å². The lowest BCUT2D eigenvalue weighted by Crippen LogP contribution is -2.48. The highest BCUT2D eigenvalue weighted by molar-refractivity contribution is 5.96. The summed E-state index contributed by atoms with van der Waals surface area (Å²) in [6.07, 6.45) is 0. The average molecular weight is 201 g/mol. The maximum atomic E-state index is 11.6. The number of rotatable bonds is 1. The Morgan fingerprint density at radius 2 is 2.20 bits per heavy atom. The van der Waals surface area contributed by atoms with Gasteiger partial charge in [0.1, 0.15) is 6.07 Å². The predicted molar refractivity (Wildman–Crippen MR) is 56.4 cm³/mol. The van der Waals surface area contributed by atoms with E-state index in [-0.39, 0.29) is 5.91 Å². The third kappa shape index (κ3) is 1.83. The Labute approximate surface area is 88.1 Å². The van der Waals surface area contributed by atoms with Gasteiger partial charge in [-0.2, -0.15) is 5.26 Å². The fourth-order valence-corrected chi connectivity index (χ4v) is 1.66. The number of amides is 1. The van der Waals surface area contributed by atoms with Crippen LogP contribution in [-0.2, 0) is 4.79 Å². The van der Waals surface area contributed by atoms with Gasteiger partial charge in [-0.1, -0.05) is 12.1 Å². The highest BCUT2D eigenvalue weighted by Gasteiger charge is 2.20. The quantitative estimate of drug-likeness (QED) is 0.719. The van der Waals surface area contributed by atoms with Crippen molar-refractivity contribution in [1.29, 1.82) is 5.26 Å². The van der Waals surface area contributed by atoms with Crippen LogP contribution in [0.4, 0.5) is 5.69 Å². The Balaban J connectivity index is 2.36. The predicted octanol–water partition coefficient (Wildman–Crippen LogP) is 0.494. The summed E-state index contributed by atoms with van der Waals surface area (Å²) in [5.41, 5.74) is 1.26. The number of nitrogens with one attached hydrogen (secondary N) is 1. The van der Waals surface area contributed by atoms with Crippen molar-refractivity contribution in [3.05, 3.63) is 29.8 Å². The minimum absolute atomic E-state index is 0.0175. The van der Waals surface area contributed by atoms with Gasteiger partial charge in [0.25, 0.3) is 0 Å². The van der Waals surface area contributed by atoms with Crippen molar-refractivity contribution in [2.75, 3.05) is 24.5 Å². The smallest absolute Gasteiger partial charge is 0.241 e. The summed E-state index contributed by atoms with van der Waals surface area (Å²) in [6, 6.07) is 9.27. The Morgan fingerprint density at radius 1 is 1.40 bits per heavy atom. The van der Waals surface area contributed by atoms with Crippen LogP contribution in [0.15, 0.2) is 24.3 Å². The number of carbonyl (C=O) groups is 1. The molecule has 15 heavy (non-hydrogen) atoms. The molecule has 1 saturated heterocycles. The van der Waals surface area contributed by atoms with Gasteiger partial charge in [0, 0.05) is 13.1 Å². The molecule has 0 spiro atoms. The Kier molecular flexibility index (Phi) is 2.66. The summed E-state index contributed by atoms with van der Waals surface area (Å²) >= 11 is 0. The molecule has 1 fully saturated rings. The number of benzene rings is 1. The topological polar surface area (TPSA) is 56.1 Å². The fourth-order valence-electron chi connectivity index (χ4n) is 1.66. The van der Waals surface area contributed by atoms with Crippen molar-refractivity contribution >= 4 is 11.6 Å². The average Bonchev–Trinajstić information content (AvgIpc) is 2.30. The molecule has 1 aliphatic heterocycles. The lowest BCUT2D eigenvalue weighted by molar-refractivity contribution is -0.118. The molecule has 0 aliphatic carbocycles. The minimum atomic E-state index is 0.0175. The van der Waals surface area contributed by atoms with Crippen LogP contribution in [0, 0.1) is 11.3 Å². The molecule has 0 aromatic heterocycles. The van der Waals surface area contributed by atoms with Crippen molar-refractivity contribution in [2.24, 2.45) is 0 Å². The van der Waals surface area contributed by atoms with Crippen LogP contribution in [0.5, 0.6) is 0 Å². The first-order valence-electron chi connectivity index (χ1n) is 4.83. The van der Waals surface area contributed by atoms with Gasteiger partial charge in [-0.3, -0.25) is 4.79 Å². The van der Waals surface area contributed by atoms with Crippen molar-refractivity contribution in [1.82, 2.24) is 5.32 Å². The molecule has 1 aromatic carbocycles. The van der Waals surface area contributed by atoms with Crippen LogP contribution in [0.1, 0.15) is 5.56 Å². The molecular formula is C11H11N3O. The van der Waals surface area contributed by atoms with Crippen molar-refractivity contribution in [3.8, 4) is 6.07 Å². The van der Waals surface area contributed by atoms with E-state index < -0.39 is 0 Å². The summed E-state index contributed by atoms with van der Waals surface area (Å²) in [6.45, 7) is 1.74. The van der Waals surface area contributed by atoms with Crippen LogP contribution < -0.4 is 10.2 Å². The molecule has 0 radical (unpaired) electrons. The zero-order valence-electron chi connectivity index (χ0n) is 8.23. The Morgan fingerprint density at radius 3 is 2.93 bits per heavy atom. The van der Waals surface area contributed by atoms with Crippen LogP contribution in [0.2, 0.25) is 0 Å². The number of anilines is 1. The van der Waals surface area contributed by atoms with Gasteiger partial charge >= 0.3 is 0 Å². The molecule has 0 bridgehead atoms. The van der Waals surface area contributed by atoms with Gasteiger partial charge in [-0.25, -0.2) is 0 Å². The van der Waals surface area contributed by atoms with Crippen molar-refractivity contribution < 1.29 is 4.79 Å². The third-order valence-electron chi connectivity index (χ3n) is 2.40. The van der Waals surface area contributed by atoms with E-state index in [0.29, 0.717) is 24.3 Å². The molecule has 76 valence electrons. The summed E-state index contributed by atoms with van der Waals surface area (Å²) < 4.78 is 0. The molecule has 1 N–H and O–H groups in total. The maximum Gasteiger partial charge on any atom is 0.241 e. The number of carbonyl (C=O) groups excluding carboxylic acids is 1. The van der Waals surface area contributed by atoms with E-state index in [1.54, 1.807) is 17.0 Å². The summed E-state index contributed by atoms with van der Waals surface area (Å²) in [4.78, 5) is 13.3. The number of hydrogen-bond donors (Lipinski definition) is 1. The van der Waals surface area contributed by atoms with Gasteiger partial charge in [-0.15, -0.1) is 0 Å². The number of hydrogen-bond acceptors (Lipinski definition) is 3. The summed E-state index contributed by atoms with van der Waals surface area (Å²) in [5.74, 6) is 0.0175. The molecule has 2 rings (SSSR count). The molecule has 0 unspecified atom stereocenters. The van der Waals surface area contributed by atoms with Crippen LogP contribution in [-0.4, -0.2) is 25.5 Å². The van der Waals surface area contributed by atoms with Gasteiger partial charge < -0.3 is 10.2 Å². The Bertz CT molecular complexity index is 422. The van der Waals surface area contributed by atoms with Gasteiger partial charge in [0.05, 0.1) is 17.8 Å². The van der Waals surface area contributed by atoms with E-state index in [1.165, 1.54) is 0 Å². The second kappa shape index (κ2) is 4.11. The van der Waals surface area contributed by atoms with E-state index in [0.717, 1.165) is 6.54 Å². The van der Waals surface area contributed by atoms with Crippen LogP contribution in [0.3, 0.4) is 0 Å². The zero-order valence-corrected chi connectivity index (χ0v) is 8.23.